The topological polar surface area (TPSA) is 71.1 Å². The van der Waals surface area contributed by atoms with Crippen LogP contribution in [0.15, 0.2) is 36.4 Å². The van der Waals surface area contributed by atoms with Gasteiger partial charge in [-0.25, -0.2) is 4.79 Å². The molecular formula is C20H20I2O6. The third-order valence-corrected chi connectivity index (χ3v) is 5.26. The molecule has 150 valence electrons. The first-order valence-corrected chi connectivity index (χ1v) is 10.6. The number of hydrogen-bond acceptors (Lipinski definition) is 6. The lowest BCUT2D eigenvalue weighted by atomic mass is 10.1. The van der Waals surface area contributed by atoms with Crippen molar-refractivity contribution >= 4 is 57.3 Å². The van der Waals surface area contributed by atoms with Crippen molar-refractivity contribution in [2.75, 3.05) is 20.3 Å². The summed E-state index contributed by atoms with van der Waals surface area (Å²) in [6.07, 6.45) is 0.584. The fraction of sp³-hybridized carbons (Fsp3) is 0.300. The number of methoxy groups -OCH3 is 1. The van der Waals surface area contributed by atoms with Gasteiger partial charge in [0, 0.05) is 20.5 Å². The largest absolute Gasteiger partial charge is 0.519 e. The molecule has 0 heterocycles. The molecule has 0 N–H and O–H groups in total. The van der Waals surface area contributed by atoms with Gasteiger partial charge in [0.1, 0.15) is 5.75 Å². The lowest BCUT2D eigenvalue weighted by Gasteiger charge is -2.11. The van der Waals surface area contributed by atoms with Crippen molar-refractivity contribution < 1.29 is 28.5 Å². The minimum absolute atomic E-state index is 0.307. The van der Waals surface area contributed by atoms with Crippen molar-refractivity contribution in [1.29, 1.82) is 0 Å². The molecule has 0 atom stereocenters. The zero-order chi connectivity index (χ0) is 20.5. The molecule has 0 bridgehead atoms. The van der Waals surface area contributed by atoms with Crippen LogP contribution >= 0.6 is 45.2 Å². The monoisotopic (exact) mass is 610 g/mol. The first-order valence-electron chi connectivity index (χ1n) is 8.48. The van der Waals surface area contributed by atoms with Gasteiger partial charge in [-0.05, 0) is 87.0 Å². The molecule has 2 rings (SSSR count). The van der Waals surface area contributed by atoms with E-state index in [2.05, 4.69) is 45.2 Å². The Kier molecular flexibility index (Phi) is 9.45. The van der Waals surface area contributed by atoms with E-state index >= 15 is 0 Å². The summed E-state index contributed by atoms with van der Waals surface area (Å²) >= 11 is 4.20. The van der Waals surface area contributed by atoms with Crippen molar-refractivity contribution in [3.63, 3.8) is 0 Å². The maximum Gasteiger partial charge on any atom is 0.519 e. The van der Waals surface area contributed by atoms with Crippen LogP contribution < -0.4 is 9.47 Å². The number of esters is 1. The summed E-state index contributed by atoms with van der Waals surface area (Å²) in [5.74, 6) is 0.548. The Morgan fingerprint density at radius 3 is 2.07 bits per heavy atom. The van der Waals surface area contributed by atoms with Gasteiger partial charge in [-0.15, -0.1) is 0 Å². The SMILES string of the molecule is COCCc1ccc(OC(=O)Oc2c(I)cc(CCOC(C)=O)cc2I)cc1. The average molecular weight is 610 g/mol. The van der Waals surface area contributed by atoms with Gasteiger partial charge < -0.3 is 18.9 Å². The van der Waals surface area contributed by atoms with Crippen LogP contribution in [0.4, 0.5) is 4.79 Å². The number of rotatable bonds is 8. The van der Waals surface area contributed by atoms with Crippen molar-refractivity contribution in [2.45, 2.75) is 19.8 Å². The Morgan fingerprint density at radius 1 is 0.893 bits per heavy atom. The van der Waals surface area contributed by atoms with Crippen LogP contribution in [0.3, 0.4) is 0 Å². The highest BCUT2D eigenvalue weighted by Crippen LogP contribution is 2.30. The zero-order valence-electron chi connectivity index (χ0n) is 15.5. The lowest BCUT2D eigenvalue weighted by molar-refractivity contribution is -0.140. The van der Waals surface area contributed by atoms with Crippen molar-refractivity contribution in [3.05, 3.63) is 54.7 Å². The van der Waals surface area contributed by atoms with Crippen LogP contribution in [0.25, 0.3) is 0 Å². The molecule has 0 radical (unpaired) electrons. The molecule has 0 fully saturated rings. The van der Waals surface area contributed by atoms with Crippen molar-refractivity contribution in [1.82, 2.24) is 0 Å². The number of carbonyl (C=O) groups excluding carboxylic acids is 2. The predicted molar refractivity (Wildman–Crippen MR) is 121 cm³/mol. The fourth-order valence-electron chi connectivity index (χ4n) is 2.31. The molecule has 2 aromatic rings. The number of hydrogen-bond donors (Lipinski definition) is 0. The molecule has 2 aromatic carbocycles. The summed E-state index contributed by atoms with van der Waals surface area (Å²) < 4.78 is 22.2. The molecule has 0 aliphatic carbocycles. The third kappa shape index (κ3) is 7.55. The molecular weight excluding hydrogens is 590 g/mol. The van der Waals surface area contributed by atoms with Gasteiger partial charge >= 0.3 is 12.1 Å². The van der Waals surface area contributed by atoms with E-state index in [9.17, 15) is 9.59 Å². The van der Waals surface area contributed by atoms with E-state index in [0.29, 0.717) is 31.1 Å². The molecule has 0 aliphatic rings. The maximum atomic E-state index is 12.1. The molecule has 8 heteroatoms. The van der Waals surface area contributed by atoms with Crippen LogP contribution in [-0.2, 0) is 27.1 Å². The number of benzene rings is 2. The minimum Gasteiger partial charge on any atom is -0.466 e. The fourth-order valence-corrected chi connectivity index (χ4v) is 4.43. The number of halogens is 2. The van der Waals surface area contributed by atoms with Gasteiger partial charge in [-0.1, -0.05) is 12.1 Å². The standard InChI is InChI=1S/C20H20I2O6/c1-13(23)26-10-8-15-11-17(21)19(18(22)12-15)28-20(24)27-16-5-3-14(4-6-16)7-9-25-2/h3-6,11-12H,7-10H2,1-2H3. The summed E-state index contributed by atoms with van der Waals surface area (Å²) in [7, 11) is 1.66. The molecule has 28 heavy (non-hydrogen) atoms. The van der Waals surface area contributed by atoms with Crippen LogP contribution in [0.2, 0.25) is 0 Å². The summed E-state index contributed by atoms with van der Waals surface area (Å²) in [5.41, 5.74) is 2.08. The summed E-state index contributed by atoms with van der Waals surface area (Å²) in [6, 6.07) is 11.0. The highest BCUT2D eigenvalue weighted by atomic mass is 127. The maximum absolute atomic E-state index is 12.1. The van der Waals surface area contributed by atoms with Gasteiger partial charge in [0.05, 0.1) is 20.4 Å². The lowest BCUT2D eigenvalue weighted by Crippen LogP contribution is -2.15. The van der Waals surface area contributed by atoms with Crippen molar-refractivity contribution in [3.8, 4) is 11.5 Å². The van der Waals surface area contributed by atoms with E-state index in [4.69, 9.17) is 18.9 Å². The van der Waals surface area contributed by atoms with E-state index in [0.717, 1.165) is 24.7 Å². The van der Waals surface area contributed by atoms with E-state index in [1.807, 2.05) is 24.3 Å². The average Bonchev–Trinajstić information content (AvgIpc) is 2.64. The van der Waals surface area contributed by atoms with Gasteiger partial charge in [-0.2, -0.15) is 0 Å². The first kappa shape index (κ1) is 22.9. The predicted octanol–water partition coefficient (Wildman–Crippen LogP) is 4.77. The second-order valence-corrected chi connectivity index (χ2v) is 8.14. The van der Waals surface area contributed by atoms with Crippen LogP contribution in [0.5, 0.6) is 11.5 Å². The second-order valence-electron chi connectivity index (χ2n) is 5.82. The normalized spacial score (nSPS) is 10.4. The van der Waals surface area contributed by atoms with Crippen LogP contribution in [0, 0.1) is 7.14 Å². The molecule has 0 amide bonds. The molecule has 0 unspecified atom stereocenters. The number of ether oxygens (including phenoxy) is 4. The van der Waals surface area contributed by atoms with E-state index < -0.39 is 6.16 Å². The molecule has 0 saturated carbocycles. The minimum atomic E-state index is -0.798. The quantitative estimate of drug-likeness (QED) is 0.244. The Labute approximate surface area is 191 Å². The summed E-state index contributed by atoms with van der Waals surface area (Å²) in [6.45, 7) is 2.32. The Hall–Kier alpha value is -1.40. The van der Waals surface area contributed by atoms with E-state index in [1.54, 1.807) is 19.2 Å². The third-order valence-electron chi connectivity index (χ3n) is 3.66. The van der Waals surface area contributed by atoms with Gasteiger partial charge in [0.15, 0.2) is 5.75 Å². The first-order chi connectivity index (χ1) is 13.4. The summed E-state index contributed by atoms with van der Waals surface area (Å²) in [4.78, 5) is 23.0. The molecule has 0 spiro atoms. The second kappa shape index (κ2) is 11.6. The van der Waals surface area contributed by atoms with E-state index in [-0.39, 0.29) is 5.97 Å². The Morgan fingerprint density at radius 2 is 1.50 bits per heavy atom. The Bertz CT molecular complexity index is 797. The molecule has 6 nitrogen and oxygen atoms in total. The molecule has 0 saturated heterocycles. The number of carbonyl (C=O) groups is 2. The highest BCUT2D eigenvalue weighted by Gasteiger charge is 2.15. The molecule has 0 aromatic heterocycles. The van der Waals surface area contributed by atoms with Gasteiger partial charge in [0.25, 0.3) is 0 Å². The highest BCUT2D eigenvalue weighted by molar-refractivity contribution is 14.1. The summed E-state index contributed by atoms with van der Waals surface area (Å²) in [5, 5.41) is 0. The smallest absolute Gasteiger partial charge is 0.466 e. The Balaban J connectivity index is 1.96. The van der Waals surface area contributed by atoms with Gasteiger partial charge in [-0.3, -0.25) is 4.79 Å². The van der Waals surface area contributed by atoms with E-state index in [1.165, 1.54) is 6.92 Å². The van der Waals surface area contributed by atoms with Crippen LogP contribution in [-0.4, -0.2) is 32.4 Å². The van der Waals surface area contributed by atoms with Crippen molar-refractivity contribution in [2.24, 2.45) is 0 Å². The van der Waals surface area contributed by atoms with Gasteiger partial charge in [0.2, 0.25) is 0 Å². The zero-order valence-corrected chi connectivity index (χ0v) is 19.8. The molecule has 0 aliphatic heterocycles. The van der Waals surface area contributed by atoms with Crippen LogP contribution in [0.1, 0.15) is 18.1 Å².